The summed E-state index contributed by atoms with van der Waals surface area (Å²) in [5, 5.41) is 6.80. The standard InChI is InChI=1S/C22H24Cl2N4O3.ClH/c23-16-3-1-4-18(22(16)24)28-11-9-27(10-12-28)8-2-5-20(29)25-15-6-7-19-17(13-15)26-21(30)14-31-19;/h1,3-4,6-7,13H,2,5,8-12,14H2,(H,25,29)(H,26,30);1H. The number of nitrogens with zero attached hydrogens (tertiary/aromatic N) is 2. The Kier molecular flexibility index (Phi) is 8.48. The Morgan fingerprint density at radius 2 is 1.91 bits per heavy atom. The third kappa shape index (κ3) is 5.98. The van der Waals surface area contributed by atoms with Crippen molar-refractivity contribution in [2.24, 2.45) is 0 Å². The van der Waals surface area contributed by atoms with Gasteiger partial charge in [-0.2, -0.15) is 0 Å². The van der Waals surface area contributed by atoms with Crippen LogP contribution in [0, 0.1) is 0 Å². The van der Waals surface area contributed by atoms with E-state index in [-0.39, 0.29) is 30.8 Å². The first-order valence-electron chi connectivity index (χ1n) is 10.3. The number of hydrogen-bond acceptors (Lipinski definition) is 5. The van der Waals surface area contributed by atoms with Gasteiger partial charge in [0, 0.05) is 38.3 Å². The Bertz CT molecular complexity index is 981. The van der Waals surface area contributed by atoms with Gasteiger partial charge in [-0.1, -0.05) is 29.3 Å². The monoisotopic (exact) mass is 498 g/mol. The second-order valence-electron chi connectivity index (χ2n) is 7.60. The highest BCUT2D eigenvalue weighted by Crippen LogP contribution is 2.33. The fraction of sp³-hybridized carbons (Fsp3) is 0.364. The lowest BCUT2D eigenvalue weighted by Gasteiger charge is -2.36. The van der Waals surface area contributed by atoms with Gasteiger partial charge in [-0.25, -0.2) is 0 Å². The maximum atomic E-state index is 12.3. The molecule has 0 unspecified atom stereocenters. The zero-order valence-corrected chi connectivity index (χ0v) is 19.7. The Hall–Kier alpha value is -2.19. The van der Waals surface area contributed by atoms with Crippen LogP contribution in [0.2, 0.25) is 10.0 Å². The molecule has 2 aliphatic heterocycles. The van der Waals surface area contributed by atoms with E-state index in [9.17, 15) is 9.59 Å². The van der Waals surface area contributed by atoms with Crippen molar-refractivity contribution in [2.45, 2.75) is 12.8 Å². The van der Waals surface area contributed by atoms with Gasteiger partial charge in [0.15, 0.2) is 6.61 Å². The maximum Gasteiger partial charge on any atom is 0.262 e. The van der Waals surface area contributed by atoms with E-state index in [4.69, 9.17) is 27.9 Å². The van der Waals surface area contributed by atoms with Crippen LogP contribution < -0.4 is 20.3 Å². The lowest BCUT2D eigenvalue weighted by Crippen LogP contribution is -2.46. The molecule has 2 aromatic rings. The molecule has 2 aromatic carbocycles. The summed E-state index contributed by atoms with van der Waals surface area (Å²) in [7, 11) is 0. The molecule has 10 heteroatoms. The van der Waals surface area contributed by atoms with E-state index >= 15 is 0 Å². The molecule has 2 aliphatic rings. The smallest absolute Gasteiger partial charge is 0.262 e. The number of ether oxygens (including phenoxy) is 1. The number of amides is 2. The molecule has 0 radical (unpaired) electrons. The van der Waals surface area contributed by atoms with Crippen LogP contribution in [0.1, 0.15) is 12.8 Å². The maximum absolute atomic E-state index is 12.3. The van der Waals surface area contributed by atoms with E-state index in [0.717, 1.165) is 44.8 Å². The molecule has 0 bridgehead atoms. The number of benzene rings is 2. The molecular weight excluding hydrogens is 475 g/mol. The zero-order valence-electron chi connectivity index (χ0n) is 17.4. The SMILES string of the molecule is Cl.O=C(CCCN1CCN(c2cccc(Cl)c2Cl)CC1)Nc1ccc2c(c1)NC(=O)CO2. The summed E-state index contributed by atoms with van der Waals surface area (Å²) in [5.41, 5.74) is 2.19. The zero-order chi connectivity index (χ0) is 21.8. The predicted octanol–water partition coefficient (Wildman–Crippen LogP) is 4.29. The van der Waals surface area contributed by atoms with Crippen molar-refractivity contribution < 1.29 is 14.3 Å². The molecule has 2 N–H and O–H groups in total. The van der Waals surface area contributed by atoms with Crippen LogP contribution in [0.4, 0.5) is 17.1 Å². The largest absolute Gasteiger partial charge is 0.482 e. The second-order valence-corrected chi connectivity index (χ2v) is 8.39. The number of hydrogen-bond donors (Lipinski definition) is 2. The number of fused-ring (bicyclic) bond motifs is 1. The van der Waals surface area contributed by atoms with Crippen molar-refractivity contribution in [3.05, 3.63) is 46.4 Å². The first-order chi connectivity index (χ1) is 15.0. The summed E-state index contributed by atoms with van der Waals surface area (Å²) in [6.45, 7) is 4.44. The molecule has 0 aliphatic carbocycles. The van der Waals surface area contributed by atoms with E-state index in [1.54, 1.807) is 24.3 Å². The Morgan fingerprint density at radius 1 is 1.12 bits per heavy atom. The van der Waals surface area contributed by atoms with E-state index in [2.05, 4.69) is 20.4 Å². The first-order valence-corrected chi connectivity index (χ1v) is 11.0. The Balaban J connectivity index is 0.00000289. The molecule has 32 heavy (non-hydrogen) atoms. The van der Waals surface area contributed by atoms with Crippen LogP contribution in [-0.4, -0.2) is 56.0 Å². The molecule has 7 nitrogen and oxygen atoms in total. The van der Waals surface area contributed by atoms with Crippen molar-refractivity contribution in [3.8, 4) is 5.75 Å². The average Bonchev–Trinajstić information content (AvgIpc) is 2.76. The fourth-order valence-electron chi connectivity index (χ4n) is 3.80. The van der Waals surface area contributed by atoms with Gasteiger partial charge in [0.1, 0.15) is 5.75 Å². The van der Waals surface area contributed by atoms with Crippen LogP contribution >= 0.6 is 35.6 Å². The van der Waals surface area contributed by atoms with Gasteiger partial charge in [0.05, 0.1) is 21.4 Å². The van der Waals surface area contributed by atoms with Crippen molar-refractivity contribution in [3.63, 3.8) is 0 Å². The van der Waals surface area contributed by atoms with Crippen LogP contribution in [-0.2, 0) is 9.59 Å². The predicted molar refractivity (Wildman–Crippen MR) is 131 cm³/mol. The number of rotatable bonds is 6. The van der Waals surface area contributed by atoms with Gasteiger partial charge in [-0.3, -0.25) is 14.5 Å². The molecule has 0 aromatic heterocycles. The minimum atomic E-state index is -0.200. The number of anilines is 3. The molecule has 1 saturated heterocycles. The van der Waals surface area contributed by atoms with Crippen LogP contribution in [0.15, 0.2) is 36.4 Å². The van der Waals surface area contributed by atoms with E-state index in [1.165, 1.54) is 0 Å². The van der Waals surface area contributed by atoms with Crippen LogP contribution in [0.3, 0.4) is 0 Å². The second kappa shape index (κ2) is 11.1. The summed E-state index contributed by atoms with van der Waals surface area (Å²) in [6.07, 6.45) is 1.20. The summed E-state index contributed by atoms with van der Waals surface area (Å²) >= 11 is 12.5. The minimum absolute atomic E-state index is 0. The van der Waals surface area contributed by atoms with Gasteiger partial charge in [-0.05, 0) is 43.3 Å². The number of carbonyl (C=O) groups is 2. The summed E-state index contributed by atoms with van der Waals surface area (Å²) in [6, 6.07) is 10.9. The van der Waals surface area contributed by atoms with Crippen LogP contribution in [0.5, 0.6) is 5.75 Å². The van der Waals surface area contributed by atoms with Crippen LogP contribution in [0.25, 0.3) is 0 Å². The number of nitrogens with one attached hydrogen (secondary N) is 2. The topological polar surface area (TPSA) is 73.9 Å². The summed E-state index contributed by atoms with van der Waals surface area (Å²) in [5.74, 6) is 0.358. The van der Waals surface area contributed by atoms with E-state index in [1.807, 2.05) is 12.1 Å². The van der Waals surface area contributed by atoms with Gasteiger partial charge >= 0.3 is 0 Å². The third-order valence-electron chi connectivity index (χ3n) is 5.42. The van der Waals surface area contributed by atoms with Crippen molar-refractivity contribution in [2.75, 3.05) is 54.9 Å². The van der Waals surface area contributed by atoms with Gasteiger partial charge in [-0.15, -0.1) is 12.4 Å². The molecule has 2 heterocycles. The molecule has 4 rings (SSSR count). The lowest BCUT2D eigenvalue weighted by molar-refractivity contribution is -0.118. The van der Waals surface area contributed by atoms with Crippen molar-refractivity contribution >= 4 is 64.5 Å². The van der Waals surface area contributed by atoms with E-state index in [0.29, 0.717) is 33.6 Å². The highest BCUT2D eigenvalue weighted by atomic mass is 35.5. The molecule has 0 saturated carbocycles. The molecule has 0 atom stereocenters. The van der Waals surface area contributed by atoms with Crippen molar-refractivity contribution in [1.82, 2.24) is 4.90 Å². The van der Waals surface area contributed by atoms with Gasteiger partial charge in [0.2, 0.25) is 5.91 Å². The molecule has 172 valence electrons. The molecular formula is C22H25Cl3N4O3. The summed E-state index contributed by atoms with van der Waals surface area (Å²) in [4.78, 5) is 28.4. The first kappa shape index (κ1) is 24.5. The molecule has 0 spiro atoms. The average molecular weight is 500 g/mol. The number of carbonyl (C=O) groups excluding carboxylic acids is 2. The minimum Gasteiger partial charge on any atom is -0.482 e. The third-order valence-corrected chi connectivity index (χ3v) is 6.23. The fourth-order valence-corrected chi connectivity index (χ4v) is 4.21. The lowest BCUT2D eigenvalue weighted by atomic mass is 10.2. The van der Waals surface area contributed by atoms with Crippen molar-refractivity contribution in [1.29, 1.82) is 0 Å². The summed E-state index contributed by atoms with van der Waals surface area (Å²) < 4.78 is 5.33. The normalized spacial score (nSPS) is 15.8. The molecule has 1 fully saturated rings. The number of piperazine rings is 1. The molecule has 2 amide bonds. The highest BCUT2D eigenvalue weighted by Gasteiger charge is 2.20. The van der Waals surface area contributed by atoms with Gasteiger partial charge in [0.25, 0.3) is 5.91 Å². The highest BCUT2D eigenvalue weighted by molar-refractivity contribution is 6.43. The Labute approximate surface area is 203 Å². The quantitative estimate of drug-likeness (QED) is 0.620. The Morgan fingerprint density at radius 3 is 2.69 bits per heavy atom. The van der Waals surface area contributed by atoms with Gasteiger partial charge < -0.3 is 20.3 Å². The van der Waals surface area contributed by atoms with E-state index < -0.39 is 0 Å². The number of halogens is 3.